The van der Waals surface area contributed by atoms with E-state index in [1.807, 2.05) is 54.6 Å². The first-order valence-corrected chi connectivity index (χ1v) is 10.0. The van der Waals surface area contributed by atoms with E-state index in [4.69, 9.17) is 9.15 Å². The van der Waals surface area contributed by atoms with Crippen LogP contribution in [0.25, 0.3) is 11.1 Å². The van der Waals surface area contributed by atoms with Crippen molar-refractivity contribution in [1.82, 2.24) is 15.3 Å². The second kappa shape index (κ2) is 8.79. The number of para-hydroxylation sites is 2. The molecule has 2 aromatic carbocycles. The number of rotatable bonds is 7. The van der Waals surface area contributed by atoms with Gasteiger partial charge in [0.15, 0.2) is 5.58 Å². The Hall–Kier alpha value is -3.32. The summed E-state index contributed by atoms with van der Waals surface area (Å²) in [7, 11) is 1.57. The van der Waals surface area contributed by atoms with Crippen LogP contribution in [0.1, 0.15) is 21.5 Å². The first-order chi connectivity index (χ1) is 14.2. The molecule has 1 N–H and O–H groups in total. The van der Waals surface area contributed by atoms with Gasteiger partial charge in [-0.25, -0.2) is 9.97 Å². The largest absolute Gasteiger partial charge is 0.481 e. The smallest absolute Gasteiger partial charge is 0.257 e. The highest BCUT2D eigenvalue weighted by atomic mass is 32.2. The number of fused-ring (bicyclic) bond motifs is 1. The molecule has 4 aromatic rings. The number of oxazole rings is 1. The van der Waals surface area contributed by atoms with Crippen LogP contribution in [-0.4, -0.2) is 23.0 Å². The zero-order chi connectivity index (χ0) is 20.1. The molecule has 0 spiro atoms. The second-order valence-corrected chi connectivity index (χ2v) is 7.21. The van der Waals surface area contributed by atoms with Crippen molar-refractivity contribution in [2.45, 2.75) is 17.5 Å². The van der Waals surface area contributed by atoms with E-state index < -0.39 is 0 Å². The van der Waals surface area contributed by atoms with E-state index in [2.05, 4.69) is 15.3 Å². The van der Waals surface area contributed by atoms with E-state index in [0.29, 0.717) is 29.0 Å². The maximum absolute atomic E-state index is 12.7. The standard InChI is InChI=1S/C22H19N3O3S/c1-27-20-11-10-15(12-23-20)13-24-21(26)17-7-3-2-6-16(17)14-29-22-25-18-8-4-5-9-19(18)28-22/h2-12H,13-14H2,1H3,(H,24,26). The molecule has 0 unspecified atom stereocenters. The molecule has 146 valence electrons. The van der Waals surface area contributed by atoms with E-state index in [0.717, 1.165) is 22.2 Å². The van der Waals surface area contributed by atoms with Crippen LogP contribution >= 0.6 is 11.8 Å². The zero-order valence-electron chi connectivity index (χ0n) is 15.8. The van der Waals surface area contributed by atoms with Crippen molar-refractivity contribution >= 4 is 28.8 Å². The number of nitrogens with one attached hydrogen (secondary N) is 1. The van der Waals surface area contributed by atoms with Crippen LogP contribution in [0.2, 0.25) is 0 Å². The Kier molecular flexibility index (Phi) is 5.76. The molecule has 0 atom stereocenters. The Morgan fingerprint density at radius 3 is 2.72 bits per heavy atom. The number of carbonyl (C=O) groups is 1. The van der Waals surface area contributed by atoms with Crippen LogP contribution in [0.15, 0.2) is 76.5 Å². The SMILES string of the molecule is COc1ccc(CNC(=O)c2ccccc2CSc2nc3ccccc3o2)cn1. The summed E-state index contributed by atoms with van der Waals surface area (Å²) in [6.45, 7) is 0.391. The summed E-state index contributed by atoms with van der Waals surface area (Å²) < 4.78 is 10.8. The number of pyridine rings is 1. The lowest BCUT2D eigenvalue weighted by Crippen LogP contribution is -2.24. The van der Waals surface area contributed by atoms with Crippen LogP contribution in [0.4, 0.5) is 0 Å². The third kappa shape index (κ3) is 4.57. The van der Waals surface area contributed by atoms with Gasteiger partial charge >= 0.3 is 0 Å². The van der Waals surface area contributed by atoms with Crippen molar-refractivity contribution in [1.29, 1.82) is 0 Å². The summed E-state index contributed by atoms with van der Waals surface area (Å²) in [6.07, 6.45) is 1.69. The van der Waals surface area contributed by atoms with E-state index in [9.17, 15) is 4.79 Å². The number of aromatic nitrogens is 2. The summed E-state index contributed by atoms with van der Waals surface area (Å²) in [5, 5.41) is 3.53. The van der Waals surface area contributed by atoms with Gasteiger partial charge in [0.1, 0.15) is 5.52 Å². The van der Waals surface area contributed by atoms with Crippen LogP contribution < -0.4 is 10.1 Å². The number of nitrogens with zero attached hydrogens (tertiary/aromatic N) is 2. The molecule has 0 aliphatic carbocycles. The molecular formula is C22H19N3O3S. The van der Waals surface area contributed by atoms with Crippen molar-refractivity contribution in [3.63, 3.8) is 0 Å². The van der Waals surface area contributed by atoms with Gasteiger partial charge in [0.2, 0.25) is 5.88 Å². The van der Waals surface area contributed by atoms with Gasteiger partial charge < -0.3 is 14.5 Å². The second-order valence-electron chi connectivity index (χ2n) is 6.28. The molecule has 0 saturated heterocycles. The Balaban J connectivity index is 1.41. The summed E-state index contributed by atoms with van der Waals surface area (Å²) in [5.41, 5.74) is 4.04. The summed E-state index contributed by atoms with van der Waals surface area (Å²) >= 11 is 1.47. The Morgan fingerprint density at radius 1 is 1.10 bits per heavy atom. The van der Waals surface area contributed by atoms with E-state index in [-0.39, 0.29) is 5.91 Å². The third-order valence-electron chi connectivity index (χ3n) is 4.35. The maximum Gasteiger partial charge on any atom is 0.257 e. The minimum atomic E-state index is -0.130. The fourth-order valence-corrected chi connectivity index (χ4v) is 3.68. The maximum atomic E-state index is 12.7. The normalized spacial score (nSPS) is 10.8. The van der Waals surface area contributed by atoms with Crippen LogP contribution in [-0.2, 0) is 12.3 Å². The van der Waals surface area contributed by atoms with E-state index in [1.165, 1.54) is 11.8 Å². The molecule has 7 heteroatoms. The molecule has 6 nitrogen and oxygen atoms in total. The van der Waals surface area contributed by atoms with Crippen LogP contribution in [0.3, 0.4) is 0 Å². The van der Waals surface area contributed by atoms with Gasteiger partial charge in [-0.3, -0.25) is 4.79 Å². The number of methoxy groups -OCH3 is 1. The Labute approximate surface area is 172 Å². The number of ether oxygens (including phenoxy) is 1. The first kappa shape index (κ1) is 19.0. The predicted octanol–water partition coefficient (Wildman–Crippen LogP) is 4.45. The Morgan fingerprint density at radius 2 is 1.93 bits per heavy atom. The van der Waals surface area contributed by atoms with Gasteiger partial charge in [-0.2, -0.15) is 0 Å². The number of thioether (sulfide) groups is 1. The molecule has 29 heavy (non-hydrogen) atoms. The summed E-state index contributed by atoms with van der Waals surface area (Å²) in [4.78, 5) is 21.3. The zero-order valence-corrected chi connectivity index (χ0v) is 16.6. The molecule has 0 fully saturated rings. The molecular weight excluding hydrogens is 386 g/mol. The predicted molar refractivity (Wildman–Crippen MR) is 112 cm³/mol. The molecule has 0 bridgehead atoms. The van der Waals surface area contributed by atoms with Crippen molar-refractivity contribution < 1.29 is 13.9 Å². The average Bonchev–Trinajstić information content (AvgIpc) is 3.19. The van der Waals surface area contributed by atoms with Crippen molar-refractivity contribution in [2.24, 2.45) is 0 Å². The molecule has 2 heterocycles. The number of carbonyl (C=O) groups excluding carboxylic acids is 1. The molecule has 0 radical (unpaired) electrons. The highest BCUT2D eigenvalue weighted by Gasteiger charge is 2.13. The van der Waals surface area contributed by atoms with Crippen molar-refractivity contribution in [3.05, 3.63) is 83.6 Å². The minimum absolute atomic E-state index is 0.130. The molecule has 0 aliphatic heterocycles. The summed E-state index contributed by atoms with van der Waals surface area (Å²) in [5.74, 6) is 0.997. The molecule has 1 amide bonds. The van der Waals surface area contributed by atoms with E-state index in [1.54, 1.807) is 19.4 Å². The van der Waals surface area contributed by atoms with Gasteiger partial charge in [-0.05, 0) is 29.3 Å². The lowest BCUT2D eigenvalue weighted by Gasteiger charge is -2.09. The lowest BCUT2D eigenvalue weighted by atomic mass is 10.1. The highest BCUT2D eigenvalue weighted by Crippen LogP contribution is 2.27. The Bertz CT molecular complexity index is 1090. The van der Waals surface area contributed by atoms with Gasteiger partial charge in [0.25, 0.3) is 11.1 Å². The van der Waals surface area contributed by atoms with Crippen molar-refractivity contribution in [3.8, 4) is 5.88 Å². The van der Waals surface area contributed by atoms with E-state index >= 15 is 0 Å². The van der Waals surface area contributed by atoms with Crippen molar-refractivity contribution in [2.75, 3.05) is 7.11 Å². The number of hydrogen-bond acceptors (Lipinski definition) is 6. The van der Waals surface area contributed by atoms with Crippen LogP contribution in [0.5, 0.6) is 5.88 Å². The number of benzene rings is 2. The van der Waals surface area contributed by atoms with Gasteiger partial charge in [-0.1, -0.05) is 48.2 Å². The average molecular weight is 405 g/mol. The van der Waals surface area contributed by atoms with Gasteiger partial charge in [-0.15, -0.1) is 0 Å². The fraction of sp³-hybridized carbons (Fsp3) is 0.136. The lowest BCUT2D eigenvalue weighted by molar-refractivity contribution is 0.0950. The molecule has 0 aliphatic rings. The monoisotopic (exact) mass is 405 g/mol. The third-order valence-corrected chi connectivity index (χ3v) is 5.22. The number of amides is 1. The first-order valence-electron chi connectivity index (χ1n) is 9.06. The minimum Gasteiger partial charge on any atom is -0.481 e. The van der Waals surface area contributed by atoms with Crippen LogP contribution in [0, 0.1) is 0 Å². The number of hydrogen-bond donors (Lipinski definition) is 1. The highest BCUT2D eigenvalue weighted by molar-refractivity contribution is 7.98. The fourth-order valence-electron chi connectivity index (χ4n) is 2.83. The molecule has 2 aromatic heterocycles. The molecule has 0 saturated carbocycles. The summed E-state index contributed by atoms with van der Waals surface area (Å²) in [6, 6.07) is 18.8. The molecule has 4 rings (SSSR count). The van der Waals surface area contributed by atoms with Gasteiger partial charge in [0, 0.05) is 30.1 Å². The quantitative estimate of drug-likeness (QED) is 0.458. The van der Waals surface area contributed by atoms with Gasteiger partial charge in [0.05, 0.1) is 7.11 Å². The topological polar surface area (TPSA) is 77.2 Å².